The Morgan fingerprint density at radius 2 is 1.74 bits per heavy atom. The third-order valence-electron chi connectivity index (χ3n) is 5.26. The zero-order chi connectivity index (χ0) is 22.1. The number of carboxylic acids is 1. The molecule has 0 saturated carbocycles. The molecule has 31 heavy (non-hydrogen) atoms. The second-order valence-corrected chi connectivity index (χ2v) is 7.73. The van der Waals surface area contributed by atoms with E-state index in [1.165, 1.54) is 0 Å². The second-order valence-electron chi connectivity index (χ2n) is 7.35. The predicted octanol–water partition coefficient (Wildman–Crippen LogP) is 4.04. The molecule has 1 aromatic heterocycles. The number of nitrogens with one attached hydrogen (secondary N) is 1. The van der Waals surface area contributed by atoms with E-state index in [1.807, 2.05) is 36.1 Å². The van der Waals surface area contributed by atoms with Gasteiger partial charge in [-0.2, -0.15) is 0 Å². The van der Waals surface area contributed by atoms with E-state index in [-0.39, 0.29) is 5.69 Å². The molecule has 0 aliphatic carbocycles. The molecule has 0 unspecified atom stereocenters. The smallest absolute Gasteiger partial charge is 0.341 e. The van der Waals surface area contributed by atoms with Crippen LogP contribution in [0.1, 0.15) is 15.9 Å². The fourth-order valence-electron chi connectivity index (χ4n) is 3.71. The van der Waals surface area contributed by atoms with Gasteiger partial charge >= 0.3 is 5.97 Å². The molecule has 0 atom stereocenters. The molecule has 2 heterocycles. The van der Waals surface area contributed by atoms with E-state index in [9.17, 15) is 13.6 Å². The number of aromatic nitrogens is 1. The Morgan fingerprint density at radius 3 is 2.39 bits per heavy atom. The number of rotatable bonds is 3. The highest BCUT2D eigenvalue weighted by Crippen LogP contribution is 2.24. The SMILES string of the molecule is Cc1cc2ccccc2nc1N1CCN(C(=S)Nc2cc(F)c(C(=O)O)c(F)c2)CC1. The van der Waals surface area contributed by atoms with Gasteiger partial charge in [-0.05, 0) is 49.0 Å². The summed E-state index contributed by atoms with van der Waals surface area (Å²) >= 11 is 5.39. The number of aryl methyl sites for hydroxylation is 1. The molecule has 0 amide bonds. The van der Waals surface area contributed by atoms with Crippen LogP contribution in [0, 0.1) is 18.6 Å². The molecule has 2 N–H and O–H groups in total. The Hall–Kier alpha value is -3.33. The Bertz CT molecular complexity index is 1160. The van der Waals surface area contributed by atoms with Gasteiger partial charge < -0.3 is 20.2 Å². The summed E-state index contributed by atoms with van der Waals surface area (Å²) in [5, 5.41) is 13.1. The Morgan fingerprint density at radius 1 is 1.10 bits per heavy atom. The van der Waals surface area contributed by atoms with Gasteiger partial charge in [-0.25, -0.2) is 18.6 Å². The molecular formula is C22H20F2N4O2S. The molecule has 1 saturated heterocycles. The number of hydrogen-bond donors (Lipinski definition) is 2. The molecule has 0 radical (unpaired) electrons. The number of fused-ring (bicyclic) bond motifs is 1. The maximum Gasteiger partial charge on any atom is 0.341 e. The van der Waals surface area contributed by atoms with Crippen molar-refractivity contribution >= 4 is 45.7 Å². The van der Waals surface area contributed by atoms with Crippen molar-refractivity contribution in [2.45, 2.75) is 6.92 Å². The lowest BCUT2D eigenvalue weighted by Gasteiger charge is -2.37. The van der Waals surface area contributed by atoms with Gasteiger partial charge in [0.2, 0.25) is 0 Å². The number of anilines is 2. The van der Waals surface area contributed by atoms with Crippen LogP contribution in [-0.2, 0) is 0 Å². The van der Waals surface area contributed by atoms with Crippen molar-refractivity contribution in [1.29, 1.82) is 0 Å². The van der Waals surface area contributed by atoms with Gasteiger partial charge in [0, 0.05) is 37.3 Å². The number of halogens is 2. The predicted molar refractivity (Wildman–Crippen MR) is 120 cm³/mol. The summed E-state index contributed by atoms with van der Waals surface area (Å²) < 4.78 is 27.8. The minimum atomic E-state index is -1.65. The van der Waals surface area contributed by atoms with Crippen molar-refractivity contribution in [2.24, 2.45) is 0 Å². The molecule has 1 aliphatic heterocycles. The van der Waals surface area contributed by atoms with Crippen LogP contribution in [0.4, 0.5) is 20.3 Å². The average Bonchev–Trinajstić information content (AvgIpc) is 2.72. The van der Waals surface area contributed by atoms with E-state index in [1.54, 1.807) is 0 Å². The number of para-hydroxylation sites is 1. The number of carbonyl (C=O) groups is 1. The van der Waals surface area contributed by atoms with E-state index >= 15 is 0 Å². The monoisotopic (exact) mass is 442 g/mol. The first-order chi connectivity index (χ1) is 14.8. The fourth-order valence-corrected chi connectivity index (χ4v) is 4.01. The molecule has 0 spiro atoms. The van der Waals surface area contributed by atoms with Crippen LogP contribution >= 0.6 is 12.2 Å². The lowest BCUT2D eigenvalue weighted by atomic mass is 10.1. The quantitative estimate of drug-likeness (QED) is 0.594. The van der Waals surface area contributed by atoms with Crippen LogP contribution in [0.15, 0.2) is 42.5 Å². The van der Waals surface area contributed by atoms with E-state index in [0.717, 1.165) is 34.4 Å². The minimum absolute atomic E-state index is 0.0690. The standard InChI is InChI=1S/C22H20F2N4O2S/c1-13-10-14-4-2-3-5-18(14)26-20(13)27-6-8-28(9-7-27)22(31)25-15-11-16(23)19(21(29)30)17(24)12-15/h2-5,10-12H,6-9H2,1H3,(H,25,31)(H,29,30). The van der Waals surface area contributed by atoms with E-state index < -0.39 is 23.2 Å². The average molecular weight is 442 g/mol. The maximum atomic E-state index is 13.9. The first-order valence-electron chi connectivity index (χ1n) is 9.73. The number of hydrogen-bond acceptors (Lipinski definition) is 4. The number of thiocarbonyl (C=S) groups is 1. The summed E-state index contributed by atoms with van der Waals surface area (Å²) in [5.41, 5.74) is 1.12. The van der Waals surface area contributed by atoms with Crippen molar-refractivity contribution in [3.63, 3.8) is 0 Å². The largest absolute Gasteiger partial charge is 0.477 e. The number of carboxylic acid groups (broad SMARTS) is 1. The van der Waals surface area contributed by atoms with Crippen LogP contribution in [-0.4, -0.2) is 52.3 Å². The lowest BCUT2D eigenvalue weighted by Crippen LogP contribution is -2.50. The summed E-state index contributed by atoms with van der Waals surface area (Å²) in [6.45, 7) is 4.64. The van der Waals surface area contributed by atoms with E-state index in [4.69, 9.17) is 22.3 Å². The molecule has 4 rings (SSSR count). The van der Waals surface area contributed by atoms with Crippen LogP contribution in [0.25, 0.3) is 10.9 Å². The van der Waals surface area contributed by atoms with Crippen LogP contribution in [0.5, 0.6) is 0 Å². The Balaban J connectivity index is 1.43. The number of benzene rings is 2. The Kier molecular flexibility index (Phi) is 5.69. The van der Waals surface area contributed by atoms with E-state index in [2.05, 4.69) is 16.3 Å². The molecular weight excluding hydrogens is 422 g/mol. The first-order valence-corrected chi connectivity index (χ1v) is 10.1. The highest BCUT2D eigenvalue weighted by molar-refractivity contribution is 7.80. The molecule has 1 fully saturated rings. The molecule has 2 aromatic carbocycles. The van der Waals surface area contributed by atoms with Crippen molar-refractivity contribution in [1.82, 2.24) is 9.88 Å². The van der Waals surface area contributed by atoms with Gasteiger partial charge in [-0.1, -0.05) is 18.2 Å². The summed E-state index contributed by atoms with van der Waals surface area (Å²) in [6, 6.07) is 12.0. The number of aromatic carboxylic acids is 1. The summed E-state index contributed by atoms with van der Waals surface area (Å²) in [5.74, 6) is -3.02. The van der Waals surface area contributed by atoms with Gasteiger partial charge in [0.05, 0.1) is 5.52 Å². The maximum absolute atomic E-state index is 13.9. The molecule has 0 bridgehead atoms. The molecule has 1 aliphatic rings. The number of piperazine rings is 1. The van der Waals surface area contributed by atoms with Gasteiger partial charge in [-0.3, -0.25) is 0 Å². The summed E-state index contributed by atoms with van der Waals surface area (Å²) in [7, 11) is 0. The fraction of sp³-hybridized carbons (Fsp3) is 0.227. The van der Waals surface area contributed by atoms with Gasteiger partial charge in [0.1, 0.15) is 23.0 Å². The highest BCUT2D eigenvalue weighted by Gasteiger charge is 2.23. The van der Waals surface area contributed by atoms with Crippen LogP contribution < -0.4 is 10.2 Å². The lowest BCUT2D eigenvalue weighted by molar-refractivity contribution is 0.0686. The number of nitrogens with zero attached hydrogens (tertiary/aromatic N) is 3. The number of pyridine rings is 1. The summed E-state index contributed by atoms with van der Waals surface area (Å²) in [4.78, 5) is 19.8. The summed E-state index contributed by atoms with van der Waals surface area (Å²) in [6.07, 6.45) is 0. The second kappa shape index (κ2) is 8.43. The van der Waals surface area contributed by atoms with E-state index in [0.29, 0.717) is 31.3 Å². The van der Waals surface area contributed by atoms with Crippen LogP contribution in [0.3, 0.4) is 0 Å². The van der Waals surface area contributed by atoms with Gasteiger partial charge in [0.15, 0.2) is 5.11 Å². The van der Waals surface area contributed by atoms with Crippen molar-refractivity contribution in [2.75, 3.05) is 36.4 Å². The normalized spacial score (nSPS) is 14.0. The zero-order valence-electron chi connectivity index (χ0n) is 16.7. The van der Waals surface area contributed by atoms with Crippen molar-refractivity contribution < 1.29 is 18.7 Å². The molecule has 3 aromatic rings. The first kappa shape index (κ1) is 20.9. The zero-order valence-corrected chi connectivity index (χ0v) is 17.5. The topological polar surface area (TPSA) is 68.7 Å². The highest BCUT2D eigenvalue weighted by atomic mass is 32.1. The molecule has 6 nitrogen and oxygen atoms in total. The van der Waals surface area contributed by atoms with Gasteiger partial charge in [0.25, 0.3) is 0 Å². The van der Waals surface area contributed by atoms with Crippen molar-refractivity contribution in [3.8, 4) is 0 Å². The van der Waals surface area contributed by atoms with Crippen molar-refractivity contribution in [3.05, 3.63) is 65.2 Å². The van der Waals surface area contributed by atoms with Gasteiger partial charge in [-0.15, -0.1) is 0 Å². The third-order valence-corrected chi connectivity index (χ3v) is 5.62. The Labute approximate surface area is 183 Å². The van der Waals surface area contributed by atoms with Crippen LogP contribution in [0.2, 0.25) is 0 Å². The minimum Gasteiger partial charge on any atom is -0.477 e. The molecule has 160 valence electrons. The molecule has 9 heteroatoms. The third kappa shape index (κ3) is 4.27.